The van der Waals surface area contributed by atoms with Crippen molar-refractivity contribution in [2.75, 3.05) is 43.0 Å². The van der Waals surface area contributed by atoms with E-state index < -0.39 is 6.43 Å². The van der Waals surface area contributed by atoms with Crippen LogP contribution in [0, 0.1) is 0 Å². The highest BCUT2D eigenvalue weighted by atomic mass is 19.3. The Kier molecular flexibility index (Phi) is 8.27. The normalized spacial score (nSPS) is 14.6. The van der Waals surface area contributed by atoms with Crippen molar-refractivity contribution in [3.05, 3.63) is 83.8 Å². The Balaban J connectivity index is 1.30. The van der Waals surface area contributed by atoms with Crippen molar-refractivity contribution < 1.29 is 18.6 Å². The van der Waals surface area contributed by atoms with Crippen LogP contribution in [0.25, 0.3) is 0 Å². The van der Waals surface area contributed by atoms with Crippen molar-refractivity contribution in [2.24, 2.45) is 0 Å². The lowest BCUT2D eigenvalue weighted by molar-refractivity contribution is 0.146. The number of allylic oxidation sites excluding steroid dienone is 1. The Morgan fingerprint density at radius 1 is 1.06 bits per heavy atom. The van der Waals surface area contributed by atoms with Gasteiger partial charge in [0.2, 0.25) is 5.88 Å². The number of alkyl halides is 2. The average molecular weight is 497 g/mol. The van der Waals surface area contributed by atoms with Gasteiger partial charge in [0.1, 0.15) is 18.1 Å². The molecular weight excluding hydrogens is 466 g/mol. The van der Waals surface area contributed by atoms with E-state index in [9.17, 15) is 13.9 Å². The van der Waals surface area contributed by atoms with Crippen LogP contribution in [0.2, 0.25) is 0 Å². The van der Waals surface area contributed by atoms with E-state index in [0.29, 0.717) is 11.4 Å². The molecule has 8 nitrogen and oxygen atoms in total. The molecule has 3 heterocycles. The maximum absolute atomic E-state index is 12.6. The summed E-state index contributed by atoms with van der Waals surface area (Å²) in [5, 5.41) is 21.3. The standard InChI is InChI=1S/C26H30F2N6O2/c1-18(2)33-11-13-34(14-12-33)21-6-4-20(5-7-21)23(16-35)30-24-9-10-25(32-31-24)36-17-19-3-8-22(26(27)28)29-15-19/h3-10,15,23,26,35H,1,11-14,16-17H2,2H3,(H,30,31)/t23-/m1/s1. The molecule has 2 aromatic heterocycles. The van der Waals surface area contributed by atoms with Gasteiger partial charge < -0.3 is 25.0 Å². The third-order valence-corrected chi connectivity index (χ3v) is 6.08. The highest BCUT2D eigenvalue weighted by molar-refractivity contribution is 5.49. The number of aliphatic hydroxyl groups is 1. The first-order valence-corrected chi connectivity index (χ1v) is 11.7. The number of hydrogen-bond acceptors (Lipinski definition) is 8. The zero-order chi connectivity index (χ0) is 25.5. The maximum atomic E-state index is 12.6. The van der Waals surface area contributed by atoms with Gasteiger partial charge in [-0.3, -0.25) is 4.98 Å². The minimum absolute atomic E-state index is 0.113. The first-order valence-electron chi connectivity index (χ1n) is 11.7. The quantitative estimate of drug-likeness (QED) is 0.432. The van der Waals surface area contributed by atoms with Gasteiger partial charge in [0.15, 0.2) is 0 Å². The van der Waals surface area contributed by atoms with Crippen molar-refractivity contribution in [2.45, 2.75) is 26.0 Å². The second-order valence-electron chi connectivity index (χ2n) is 8.62. The van der Waals surface area contributed by atoms with Crippen molar-refractivity contribution in [1.82, 2.24) is 20.1 Å². The van der Waals surface area contributed by atoms with Crippen LogP contribution in [-0.4, -0.2) is 58.0 Å². The number of anilines is 2. The number of benzene rings is 1. The Labute approximate surface area is 209 Å². The molecule has 1 aliphatic heterocycles. The summed E-state index contributed by atoms with van der Waals surface area (Å²) >= 11 is 0. The fraction of sp³-hybridized carbons (Fsp3) is 0.346. The summed E-state index contributed by atoms with van der Waals surface area (Å²) in [5.74, 6) is 0.777. The van der Waals surface area contributed by atoms with E-state index in [0.717, 1.165) is 43.1 Å². The van der Waals surface area contributed by atoms with Gasteiger partial charge in [0.05, 0.1) is 12.6 Å². The fourth-order valence-corrected chi connectivity index (χ4v) is 3.96. The van der Waals surface area contributed by atoms with Crippen LogP contribution < -0.4 is 15.0 Å². The minimum Gasteiger partial charge on any atom is -0.472 e. The number of aliphatic hydroxyl groups excluding tert-OH is 1. The molecule has 0 saturated carbocycles. The van der Waals surface area contributed by atoms with E-state index in [1.165, 1.54) is 18.3 Å². The number of hydrogen-bond donors (Lipinski definition) is 2. The molecule has 1 atom stereocenters. The van der Waals surface area contributed by atoms with Crippen molar-refractivity contribution in [1.29, 1.82) is 0 Å². The number of nitrogens with zero attached hydrogens (tertiary/aromatic N) is 5. The second kappa shape index (κ2) is 11.8. The van der Waals surface area contributed by atoms with E-state index in [4.69, 9.17) is 4.74 Å². The molecule has 10 heteroatoms. The van der Waals surface area contributed by atoms with E-state index in [-0.39, 0.29) is 30.8 Å². The molecule has 0 aliphatic carbocycles. The number of rotatable bonds is 10. The predicted molar refractivity (Wildman–Crippen MR) is 134 cm³/mol. The Morgan fingerprint density at radius 3 is 2.36 bits per heavy atom. The summed E-state index contributed by atoms with van der Waals surface area (Å²) in [5.41, 5.74) is 3.55. The third-order valence-electron chi connectivity index (χ3n) is 6.08. The molecule has 0 radical (unpaired) electrons. The third kappa shape index (κ3) is 6.45. The van der Waals surface area contributed by atoms with Crippen LogP contribution in [0.4, 0.5) is 20.3 Å². The number of pyridine rings is 1. The topological polar surface area (TPSA) is 86.6 Å². The minimum atomic E-state index is -2.60. The smallest absolute Gasteiger partial charge is 0.280 e. The Bertz CT molecular complexity index is 1120. The Morgan fingerprint density at radius 2 is 1.81 bits per heavy atom. The monoisotopic (exact) mass is 496 g/mol. The summed E-state index contributed by atoms with van der Waals surface area (Å²) in [6.07, 6.45) is -1.25. The van der Waals surface area contributed by atoms with Gasteiger partial charge >= 0.3 is 0 Å². The number of aromatic nitrogens is 3. The largest absolute Gasteiger partial charge is 0.472 e. The zero-order valence-electron chi connectivity index (χ0n) is 20.1. The van der Waals surface area contributed by atoms with Gasteiger partial charge in [0.25, 0.3) is 6.43 Å². The SMILES string of the molecule is C=C(C)N1CCN(c2ccc([C@@H](CO)Nc3ccc(OCc4ccc(C(F)F)nc4)nn3)cc2)CC1. The van der Waals surface area contributed by atoms with E-state index in [1.54, 1.807) is 12.1 Å². The van der Waals surface area contributed by atoms with Crippen LogP contribution in [-0.2, 0) is 6.61 Å². The molecule has 1 aliphatic rings. The van der Waals surface area contributed by atoms with Gasteiger partial charge in [-0.15, -0.1) is 10.2 Å². The number of piperazine rings is 1. The number of ether oxygens (including phenoxy) is 1. The highest BCUT2D eigenvalue weighted by Crippen LogP contribution is 2.24. The lowest BCUT2D eigenvalue weighted by Crippen LogP contribution is -2.45. The van der Waals surface area contributed by atoms with Gasteiger partial charge in [-0.1, -0.05) is 24.8 Å². The van der Waals surface area contributed by atoms with Gasteiger partial charge in [-0.05, 0) is 36.8 Å². The Hall–Kier alpha value is -3.79. The molecule has 1 aromatic carbocycles. The second-order valence-corrected chi connectivity index (χ2v) is 8.62. The first kappa shape index (κ1) is 25.3. The molecule has 0 spiro atoms. The van der Waals surface area contributed by atoms with Crippen molar-refractivity contribution in [3.63, 3.8) is 0 Å². The van der Waals surface area contributed by atoms with Crippen LogP contribution in [0.5, 0.6) is 5.88 Å². The number of halogens is 2. The van der Waals surface area contributed by atoms with Gasteiger partial charge in [0, 0.05) is 55.4 Å². The molecule has 2 N–H and O–H groups in total. The van der Waals surface area contributed by atoms with E-state index in [2.05, 4.69) is 49.0 Å². The molecule has 0 unspecified atom stereocenters. The average Bonchev–Trinajstić information content (AvgIpc) is 2.91. The molecule has 190 valence electrons. The van der Waals surface area contributed by atoms with E-state index >= 15 is 0 Å². The molecule has 36 heavy (non-hydrogen) atoms. The lowest BCUT2D eigenvalue weighted by atomic mass is 10.1. The summed E-state index contributed by atoms with van der Waals surface area (Å²) in [7, 11) is 0. The molecule has 3 aromatic rings. The van der Waals surface area contributed by atoms with Crippen LogP contribution in [0.3, 0.4) is 0 Å². The molecule has 0 bridgehead atoms. The summed E-state index contributed by atoms with van der Waals surface area (Å²) in [6, 6.07) is 14.0. The summed E-state index contributed by atoms with van der Waals surface area (Å²) in [4.78, 5) is 8.34. The lowest BCUT2D eigenvalue weighted by Gasteiger charge is -2.37. The molecule has 1 saturated heterocycles. The van der Waals surface area contributed by atoms with Gasteiger partial charge in [-0.2, -0.15) is 0 Å². The molecule has 1 fully saturated rings. The summed E-state index contributed by atoms with van der Waals surface area (Å²) < 4.78 is 30.8. The predicted octanol–water partition coefficient (Wildman–Crippen LogP) is 4.19. The molecule has 4 rings (SSSR count). The van der Waals surface area contributed by atoms with Crippen LogP contribution in [0.1, 0.15) is 36.2 Å². The van der Waals surface area contributed by atoms with E-state index in [1.807, 2.05) is 19.1 Å². The molecular formula is C26H30F2N6O2. The van der Waals surface area contributed by atoms with Crippen LogP contribution >= 0.6 is 0 Å². The van der Waals surface area contributed by atoms with Crippen LogP contribution in [0.15, 0.2) is 67.0 Å². The highest BCUT2D eigenvalue weighted by Gasteiger charge is 2.18. The first-order chi connectivity index (χ1) is 17.4. The molecule has 0 amide bonds. The maximum Gasteiger partial charge on any atom is 0.280 e. The summed E-state index contributed by atoms with van der Waals surface area (Å²) in [6.45, 7) is 9.87. The van der Waals surface area contributed by atoms with Gasteiger partial charge in [-0.25, -0.2) is 8.78 Å². The van der Waals surface area contributed by atoms with Crippen molar-refractivity contribution in [3.8, 4) is 5.88 Å². The van der Waals surface area contributed by atoms with Crippen molar-refractivity contribution >= 4 is 11.5 Å². The zero-order valence-corrected chi connectivity index (χ0v) is 20.1. The fourth-order valence-electron chi connectivity index (χ4n) is 3.96. The number of nitrogens with one attached hydrogen (secondary N) is 1.